The van der Waals surface area contributed by atoms with Crippen molar-refractivity contribution in [3.8, 4) is 5.75 Å². The molecule has 0 atom stereocenters. The van der Waals surface area contributed by atoms with E-state index in [9.17, 15) is 28.1 Å². The monoisotopic (exact) mass is 480 g/mol. The van der Waals surface area contributed by atoms with E-state index in [1.165, 1.54) is 30.3 Å². The number of fused-ring (bicyclic) bond motifs is 1. The van der Waals surface area contributed by atoms with Gasteiger partial charge in [-0.3, -0.25) is 24.7 Å². The fourth-order valence-electron chi connectivity index (χ4n) is 4.08. The van der Waals surface area contributed by atoms with Crippen molar-refractivity contribution in [1.29, 1.82) is 0 Å². The lowest BCUT2D eigenvalue weighted by Gasteiger charge is -2.34. The van der Waals surface area contributed by atoms with E-state index in [0.29, 0.717) is 49.6 Å². The number of piperazine rings is 1. The zero-order chi connectivity index (χ0) is 24.3. The molecule has 1 amide bonds. The van der Waals surface area contributed by atoms with E-state index in [4.69, 9.17) is 9.47 Å². The van der Waals surface area contributed by atoms with Crippen molar-refractivity contribution in [2.45, 2.75) is 19.3 Å². The van der Waals surface area contributed by atoms with E-state index in [0.717, 1.165) is 6.07 Å². The molecule has 0 saturated carbocycles. The number of alkyl halides is 3. The van der Waals surface area contributed by atoms with E-state index in [1.807, 2.05) is 4.90 Å². The standard InChI is InChI=1S/C22H23F3N4O5/c23-22(24,25)18-3-1-2-4-19(18)26-20(30)12-28-7-5-27(6-8-28)11-15-9-17(29(31)32)10-16-13-33-14-34-21(15)16/h1-4,9-10H,5-8,11-14H2,(H,26,30). The summed E-state index contributed by atoms with van der Waals surface area (Å²) in [4.78, 5) is 27.1. The molecule has 0 bridgehead atoms. The number of hydrogen-bond donors (Lipinski definition) is 1. The van der Waals surface area contributed by atoms with Gasteiger partial charge in [-0.05, 0) is 12.1 Å². The number of nitro groups is 1. The molecule has 0 aromatic heterocycles. The number of hydrogen-bond acceptors (Lipinski definition) is 7. The number of ether oxygens (including phenoxy) is 2. The number of halogens is 3. The molecule has 1 N–H and O–H groups in total. The third-order valence-corrected chi connectivity index (χ3v) is 5.72. The van der Waals surface area contributed by atoms with Crippen molar-refractivity contribution in [3.63, 3.8) is 0 Å². The highest BCUT2D eigenvalue weighted by Gasteiger charge is 2.33. The van der Waals surface area contributed by atoms with E-state index in [2.05, 4.69) is 10.2 Å². The Bertz CT molecular complexity index is 1070. The number of nitro benzene ring substituents is 1. The average molecular weight is 480 g/mol. The first kappa shape index (κ1) is 23.9. The number of nitrogens with one attached hydrogen (secondary N) is 1. The zero-order valence-electron chi connectivity index (χ0n) is 18.1. The summed E-state index contributed by atoms with van der Waals surface area (Å²) in [5.74, 6) is 0.0771. The third kappa shape index (κ3) is 5.64. The molecule has 12 heteroatoms. The number of para-hydroxylation sites is 1. The quantitative estimate of drug-likeness (QED) is 0.501. The first-order valence-electron chi connectivity index (χ1n) is 10.6. The molecule has 2 aliphatic rings. The summed E-state index contributed by atoms with van der Waals surface area (Å²) >= 11 is 0. The van der Waals surface area contributed by atoms with Crippen molar-refractivity contribution in [1.82, 2.24) is 9.80 Å². The molecular formula is C22H23F3N4O5. The van der Waals surface area contributed by atoms with Crippen LogP contribution in [0.4, 0.5) is 24.5 Å². The summed E-state index contributed by atoms with van der Waals surface area (Å²) in [6.45, 7) is 2.93. The van der Waals surface area contributed by atoms with Gasteiger partial charge in [0.2, 0.25) is 5.91 Å². The van der Waals surface area contributed by atoms with Gasteiger partial charge in [0.15, 0.2) is 6.79 Å². The second-order valence-electron chi connectivity index (χ2n) is 8.10. The first-order chi connectivity index (χ1) is 16.2. The fourth-order valence-corrected chi connectivity index (χ4v) is 4.08. The Balaban J connectivity index is 1.34. The van der Waals surface area contributed by atoms with Crippen LogP contribution in [0.25, 0.3) is 0 Å². The second-order valence-corrected chi connectivity index (χ2v) is 8.10. The fraction of sp³-hybridized carbons (Fsp3) is 0.409. The Hall–Kier alpha value is -3.22. The molecule has 1 saturated heterocycles. The van der Waals surface area contributed by atoms with E-state index in [1.54, 1.807) is 0 Å². The van der Waals surface area contributed by atoms with Gasteiger partial charge in [-0.25, -0.2) is 0 Å². The lowest BCUT2D eigenvalue weighted by molar-refractivity contribution is -0.385. The van der Waals surface area contributed by atoms with Crippen LogP contribution in [0.1, 0.15) is 16.7 Å². The topological polar surface area (TPSA) is 97.2 Å². The van der Waals surface area contributed by atoms with Gasteiger partial charge >= 0.3 is 6.18 Å². The Morgan fingerprint density at radius 3 is 2.53 bits per heavy atom. The van der Waals surface area contributed by atoms with Gasteiger partial charge in [0.25, 0.3) is 5.69 Å². The van der Waals surface area contributed by atoms with Crippen LogP contribution < -0.4 is 10.1 Å². The molecule has 1 fully saturated rings. The number of anilines is 1. The lowest BCUT2D eigenvalue weighted by Crippen LogP contribution is -2.48. The summed E-state index contributed by atoms with van der Waals surface area (Å²) in [6.07, 6.45) is -4.56. The van der Waals surface area contributed by atoms with Gasteiger partial charge in [0.1, 0.15) is 5.75 Å². The highest BCUT2D eigenvalue weighted by atomic mass is 19.4. The molecule has 182 valence electrons. The van der Waals surface area contributed by atoms with E-state index >= 15 is 0 Å². The van der Waals surface area contributed by atoms with Crippen LogP contribution >= 0.6 is 0 Å². The first-order valence-corrected chi connectivity index (χ1v) is 10.6. The molecule has 2 aromatic carbocycles. The van der Waals surface area contributed by atoms with Gasteiger partial charge < -0.3 is 14.8 Å². The van der Waals surface area contributed by atoms with Gasteiger partial charge in [0, 0.05) is 56.0 Å². The molecule has 0 spiro atoms. The highest BCUT2D eigenvalue weighted by Crippen LogP contribution is 2.35. The Morgan fingerprint density at radius 2 is 1.82 bits per heavy atom. The van der Waals surface area contributed by atoms with Crippen LogP contribution in [-0.2, 0) is 28.9 Å². The van der Waals surface area contributed by atoms with Crippen molar-refractivity contribution >= 4 is 17.3 Å². The molecule has 2 aliphatic heterocycles. The van der Waals surface area contributed by atoms with Crippen LogP contribution in [0, 0.1) is 10.1 Å². The van der Waals surface area contributed by atoms with Crippen LogP contribution in [0.3, 0.4) is 0 Å². The smallest absolute Gasteiger partial charge is 0.418 e. The minimum absolute atomic E-state index is 0.0303. The largest absolute Gasteiger partial charge is 0.467 e. The normalized spacial score (nSPS) is 17.0. The third-order valence-electron chi connectivity index (χ3n) is 5.72. The Labute approximate surface area is 193 Å². The molecule has 2 aromatic rings. The Kier molecular flexibility index (Phi) is 7.00. The number of carbonyl (C=O) groups excluding carboxylic acids is 1. The maximum atomic E-state index is 13.1. The number of amides is 1. The molecule has 34 heavy (non-hydrogen) atoms. The Morgan fingerprint density at radius 1 is 1.12 bits per heavy atom. The van der Waals surface area contributed by atoms with Crippen LogP contribution in [-0.4, -0.2) is 60.1 Å². The summed E-state index contributed by atoms with van der Waals surface area (Å²) < 4.78 is 50.2. The minimum atomic E-state index is -4.56. The van der Waals surface area contributed by atoms with Gasteiger partial charge in [0.05, 0.1) is 29.3 Å². The summed E-state index contributed by atoms with van der Waals surface area (Å²) in [6, 6.07) is 7.82. The summed E-state index contributed by atoms with van der Waals surface area (Å²) in [5.41, 5.74) is 0.142. The molecule has 0 unspecified atom stereocenters. The number of carbonyl (C=O) groups is 1. The molecule has 0 radical (unpaired) electrons. The van der Waals surface area contributed by atoms with Crippen molar-refractivity contribution in [2.75, 3.05) is 44.8 Å². The zero-order valence-corrected chi connectivity index (χ0v) is 18.1. The molecule has 9 nitrogen and oxygen atoms in total. The number of nitrogens with zero attached hydrogens (tertiary/aromatic N) is 3. The molecule has 2 heterocycles. The SMILES string of the molecule is O=C(CN1CCN(Cc2cc([N+](=O)[O-])cc3c2OCOC3)CC1)Nc1ccccc1C(F)(F)F. The second kappa shape index (κ2) is 9.95. The summed E-state index contributed by atoms with van der Waals surface area (Å²) in [5, 5.41) is 13.6. The number of benzene rings is 2. The van der Waals surface area contributed by atoms with E-state index in [-0.39, 0.29) is 31.3 Å². The van der Waals surface area contributed by atoms with Crippen LogP contribution in [0.2, 0.25) is 0 Å². The highest BCUT2D eigenvalue weighted by molar-refractivity contribution is 5.93. The predicted molar refractivity (Wildman–Crippen MR) is 115 cm³/mol. The van der Waals surface area contributed by atoms with Crippen molar-refractivity contribution in [3.05, 3.63) is 63.2 Å². The maximum absolute atomic E-state index is 13.1. The number of non-ortho nitro benzene ring substituents is 1. The van der Waals surface area contributed by atoms with Gasteiger partial charge in [-0.1, -0.05) is 12.1 Å². The average Bonchev–Trinajstić information content (AvgIpc) is 2.80. The molecule has 0 aliphatic carbocycles. The van der Waals surface area contributed by atoms with Crippen molar-refractivity contribution < 1.29 is 32.4 Å². The molecule has 4 rings (SSSR count). The van der Waals surface area contributed by atoms with Gasteiger partial charge in [-0.15, -0.1) is 0 Å². The maximum Gasteiger partial charge on any atom is 0.418 e. The predicted octanol–water partition coefficient (Wildman–Crippen LogP) is 3.24. The summed E-state index contributed by atoms with van der Waals surface area (Å²) in [7, 11) is 0. The van der Waals surface area contributed by atoms with Crippen LogP contribution in [0.5, 0.6) is 5.75 Å². The number of rotatable bonds is 6. The van der Waals surface area contributed by atoms with E-state index < -0.39 is 22.6 Å². The lowest BCUT2D eigenvalue weighted by atomic mass is 10.1. The van der Waals surface area contributed by atoms with Crippen molar-refractivity contribution in [2.24, 2.45) is 0 Å². The molecular weight excluding hydrogens is 457 g/mol. The van der Waals surface area contributed by atoms with Gasteiger partial charge in [-0.2, -0.15) is 13.2 Å². The minimum Gasteiger partial charge on any atom is -0.467 e. The van der Waals surface area contributed by atoms with Crippen LogP contribution in [0.15, 0.2) is 36.4 Å².